The van der Waals surface area contributed by atoms with Crippen molar-refractivity contribution < 1.29 is 13.9 Å². The maximum atomic E-state index is 13.6. The number of nitrogens with one attached hydrogen (secondary N) is 1. The van der Waals surface area contributed by atoms with Crippen molar-refractivity contribution in [3.8, 4) is 5.75 Å². The molecule has 1 atom stereocenters. The smallest absolute Gasteiger partial charge is 0.220 e. The molecule has 0 unspecified atom stereocenters. The molecule has 25 heavy (non-hydrogen) atoms. The summed E-state index contributed by atoms with van der Waals surface area (Å²) in [5.41, 5.74) is 2.90. The second-order valence-electron chi connectivity index (χ2n) is 6.49. The molecule has 1 heterocycles. The first-order chi connectivity index (χ1) is 11.9. The molecule has 2 aromatic rings. The van der Waals surface area contributed by atoms with Crippen molar-refractivity contribution in [3.63, 3.8) is 0 Å². The van der Waals surface area contributed by atoms with Crippen LogP contribution in [0.3, 0.4) is 0 Å². The molecule has 0 spiro atoms. The molecule has 1 N–H and O–H groups in total. The Hall–Kier alpha value is -2.37. The van der Waals surface area contributed by atoms with E-state index in [1.807, 2.05) is 24.6 Å². The third-order valence-corrected chi connectivity index (χ3v) is 4.09. The number of hydrogen-bond acceptors (Lipinski definition) is 3. The predicted molar refractivity (Wildman–Crippen MR) is 95.1 cm³/mol. The van der Waals surface area contributed by atoms with Crippen LogP contribution in [0.5, 0.6) is 5.75 Å². The monoisotopic (exact) mass is 347 g/mol. The third-order valence-electron chi connectivity index (χ3n) is 4.09. The molecule has 0 bridgehead atoms. The van der Waals surface area contributed by atoms with E-state index in [4.69, 9.17) is 4.74 Å². The van der Waals surface area contributed by atoms with Crippen LogP contribution >= 0.6 is 0 Å². The SMILES string of the molecule is COc1ccc(CCC(=O)NC[C@@H](C)Cn2nc(C)cc2C)cc1F. The molecule has 1 aromatic heterocycles. The molecule has 0 saturated carbocycles. The molecule has 0 radical (unpaired) electrons. The largest absolute Gasteiger partial charge is 0.494 e. The topological polar surface area (TPSA) is 56.1 Å². The molecule has 6 heteroatoms. The number of halogens is 1. The minimum atomic E-state index is -0.404. The second-order valence-corrected chi connectivity index (χ2v) is 6.49. The van der Waals surface area contributed by atoms with Gasteiger partial charge in [-0.3, -0.25) is 9.48 Å². The normalized spacial score (nSPS) is 12.0. The first-order valence-corrected chi connectivity index (χ1v) is 8.49. The van der Waals surface area contributed by atoms with E-state index in [1.165, 1.54) is 13.2 Å². The van der Waals surface area contributed by atoms with Gasteiger partial charge in [0, 0.05) is 25.2 Å². The molecule has 0 aliphatic carbocycles. The number of amides is 1. The highest BCUT2D eigenvalue weighted by Crippen LogP contribution is 2.18. The van der Waals surface area contributed by atoms with E-state index in [9.17, 15) is 9.18 Å². The zero-order chi connectivity index (χ0) is 18.4. The number of carbonyl (C=O) groups excluding carboxylic acids is 1. The molecule has 0 aliphatic heterocycles. The number of ether oxygens (including phenoxy) is 1. The summed E-state index contributed by atoms with van der Waals surface area (Å²) in [6.07, 6.45) is 0.830. The number of rotatable bonds is 8. The van der Waals surface area contributed by atoms with E-state index in [0.717, 1.165) is 23.5 Å². The minimum absolute atomic E-state index is 0.0311. The molecule has 136 valence electrons. The number of aromatic nitrogens is 2. The van der Waals surface area contributed by atoms with Crippen LogP contribution in [-0.4, -0.2) is 29.3 Å². The van der Waals surface area contributed by atoms with Crippen LogP contribution in [-0.2, 0) is 17.8 Å². The molecule has 1 aromatic carbocycles. The molecule has 1 amide bonds. The van der Waals surface area contributed by atoms with Crippen molar-refractivity contribution >= 4 is 5.91 Å². The summed E-state index contributed by atoms with van der Waals surface area (Å²) in [5.74, 6) is 0.0573. The second kappa shape index (κ2) is 8.65. The van der Waals surface area contributed by atoms with Crippen molar-refractivity contribution in [2.24, 2.45) is 5.92 Å². The lowest BCUT2D eigenvalue weighted by Crippen LogP contribution is -2.30. The lowest BCUT2D eigenvalue weighted by Gasteiger charge is -2.14. The van der Waals surface area contributed by atoms with Gasteiger partial charge in [0.2, 0.25) is 5.91 Å². The Labute approximate surface area is 148 Å². The molecule has 0 aliphatic rings. The highest BCUT2D eigenvalue weighted by Gasteiger charge is 2.10. The first kappa shape index (κ1) is 19.0. The van der Waals surface area contributed by atoms with Gasteiger partial charge >= 0.3 is 0 Å². The Morgan fingerprint density at radius 1 is 1.36 bits per heavy atom. The molecule has 2 rings (SSSR count). The first-order valence-electron chi connectivity index (χ1n) is 8.49. The molecule has 0 fully saturated rings. The van der Waals surface area contributed by atoms with E-state index >= 15 is 0 Å². The maximum absolute atomic E-state index is 13.6. The average molecular weight is 347 g/mol. The van der Waals surface area contributed by atoms with Crippen LogP contribution in [0.2, 0.25) is 0 Å². The Balaban J connectivity index is 1.75. The van der Waals surface area contributed by atoms with Crippen LogP contribution in [0, 0.1) is 25.6 Å². The van der Waals surface area contributed by atoms with Gasteiger partial charge in [-0.25, -0.2) is 4.39 Å². The van der Waals surface area contributed by atoms with Crippen molar-refractivity contribution in [1.82, 2.24) is 15.1 Å². The summed E-state index contributed by atoms with van der Waals surface area (Å²) in [6, 6.07) is 6.82. The van der Waals surface area contributed by atoms with Gasteiger partial charge in [-0.1, -0.05) is 13.0 Å². The number of aryl methyl sites for hydroxylation is 3. The van der Waals surface area contributed by atoms with Gasteiger partial charge in [0.1, 0.15) is 0 Å². The van der Waals surface area contributed by atoms with Gasteiger partial charge in [-0.2, -0.15) is 5.10 Å². The summed E-state index contributed by atoms with van der Waals surface area (Å²) in [4.78, 5) is 12.0. The van der Waals surface area contributed by atoms with E-state index in [1.54, 1.807) is 12.1 Å². The zero-order valence-corrected chi connectivity index (χ0v) is 15.3. The van der Waals surface area contributed by atoms with E-state index < -0.39 is 5.82 Å². The fourth-order valence-electron chi connectivity index (χ4n) is 2.72. The quantitative estimate of drug-likeness (QED) is 0.798. The lowest BCUT2D eigenvalue weighted by atomic mass is 10.1. The van der Waals surface area contributed by atoms with E-state index in [2.05, 4.69) is 17.3 Å². The summed E-state index contributed by atoms with van der Waals surface area (Å²) in [6.45, 7) is 7.44. The van der Waals surface area contributed by atoms with Crippen molar-refractivity contribution in [1.29, 1.82) is 0 Å². The third kappa shape index (κ3) is 5.59. The zero-order valence-electron chi connectivity index (χ0n) is 15.3. The van der Waals surface area contributed by atoms with E-state index in [0.29, 0.717) is 19.4 Å². The number of hydrogen-bond donors (Lipinski definition) is 1. The summed E-state index contributed by atoms with van der Waals surface area (Å²) >= 11 is 0. The predicted octanol–water partition coefficient (Wildman–Crippen LogP) is 3.03. The molecular formula is C19H26FN3O2. The number of nitrogens with zero attached hydrogens (tertiary/aromatic N) is 2. The number of benzene rings is 1. The fraction of sp³-hybridized carbons (Fsp3) is 0.474. The summed E-state index contributed by atoms with van der Waals surface area (Å²) < 4.78 is 20.5. The van der Waals surface area contributed by atoms with Gasteiger partial charge in [0.25, 0.3) is 0 Å². The van der Waals surface area contributed by atoms with Gasteiger partial charge in [-0.05, 0) is 49.9 Å². The molecular weight excluding hydrogens is 321 g/mol. The molecule has 0 saturated heterocycles. The lowest BCUT2D eigenvalue weighted by molar-refractivity contribution is -0.121. The summed E-state index contributed by atoms with van der Waals surface area (Å²) in [5, 5.41) is 7.37. The highest BCUT2D eigenvalue weighted by molar-refractivity contribution is 5.76. The Bertz CT molecular complexity index is 727. The number of carbonyl (C=O) groups is 1. The van der Waals surface area contributed by atoms with Crippen LogP contribution in [0.4, 0.5) is 4.39 Å². The van der Waals surface area contributed by atoms with Crippen LogP contribution < -0.4 is 10.1 Å². The van der Waals surface area contributed by atoms with Crippen LogP contribution in [0.1, 0.15) is 30.3 Å². The molecule has 5 nitrogen and oxygen atoms in total. The summed E-state index contributed by atoms with van der Waals surface area (Å²) in [7, 11) is 1.43. The van der Waals surface area contributed by atoms with Gasteiger partial charge in [-0.15, -0.1) is 0 Å². The Morgan fingerprint density at radius 3 is 2.72 bits per heavy atom. The minimum Gasteiger partial charge on any atom is -0.494 e. The van der Waals surface area contributed by atoms with Crippen molar-refractivity contribution in [2.75, 3.05) is 13.7 Å². The van der Waals surface area contributed by atoms with Crippen LogP contribution in [0.25, 0.3) is 0 Å². The van der Waals surface area contributed by atoms with Crippen LogP contribution in [0.15, 0.2) is 24.3 Å². The highest BCUT2D eigenvalue weighted by atomic mass is 19.1. The number of methoxy groups -OCH3 is 1. The Kier molecular flexibility index (Phi) is 6.56. The van der Waals surface area contributed by atoms with Gasteiger partial charge < -0.3 is 10.1 Å². The average Bonchev–Trinajstić information content (AvgIpc) is 2.88. The van der Waals surface area contributed by atoms with E-state index in [-0.39, 0.29) is 17.6 Å². The fourth-order valence-corrected chi connectivity index (χ4v) is 2.72. The maximum Gasteiger partial charge on any atom is 0.220 e. The van der Waals surface area contributed by atoms with Gasteiger partial charge in [0.15, 0.2) is 11.6 Å². The standard InChI is InChI=1S/C19H26FN3O2/c1-13(12-23-15(3)9-14(2)22-23)11-21-19(24)8-6-16-5-7-18(25-4)17(20)10-16/h5,7,9-10,13H,6,8,11-12H2,1-4H3,(H,21,24)/t13-/m1/s1. The van der Waals surface area contributed by atoms with Crippen molar-refractivity contribution in [2.45, 2.75) is 40.2 Å². The van der Waals surface area contributed by atoms with Crippen molar-refractivity contribution in [3.05, 3.63) is 47.0 Å². The van der Waals surface area contributed by atoms with Gasteiger partial charge in [0.05, 0.1) is 12.8 Å². The Morgan fingerprint density at radius 2 is 2.12 bits per heavy atom.